The summed E-state index contributed by atoms with van der Waals surface area (Å²) in [7, 11) is 0. The Hall–Kier alpha value is -2.83. The van der Waals surface area contributed by atoms with Crippen molar-refractivity contribution in [1.82, 2.24) is 0 Å². The standard InChI is InChI=1S/C19H13Cl2NO5/c20-13-2-1-3-15(18(13)21)24-9-12-5-7-16(27-12)19(23)22-11-4-6-14-17(8-11)26-10-25-14/h1-8H,9-10H2,(H,22,23). The maximum Gasteiger partial charge on any atom is 0.291 e. The molecule has 3 aromatic rings. The van der Waals surface area contributed by atoms with E-state index in [4.69, 9.17) is 41.8 Å². The van der Waals surface area contributed by atoms with Gasteiger partial charge in [0, 0.05) is 11.8 Å². The Balaban J connectivity index is 1.40. The molecule has 138 valence electrons. The van der Waals surface area contributed by atoms with E-state index < -0.39 is 0 Å². The number of hydrogen-bond acceptors (Lipinski definition) is 5. The topological polar surface area (TPSA) is 69.9 Å². The Labute approximate surface area is 164 Å². The van der Waals surface area contributed by atoms with Crippen molar-refractivity contribution in [1.29, 1.82) is 0 Å². The number of ether oxygens (including phenoxy) is 3. The predicted octanol–water partition coefficient (Wildman–Crippen LogP) is 5.15. The van der Waals surface area contributed by atoms with Crippen molar-refractivity contribution in [3.63, 3.8) is 0 Å². The van der Waals surface area contributed by atoms with Crippen molar-refractivity contribution in [2.45, 2.75) is 6.61 Å². The smallest absolute Gasteiger partial charge is 0.291 e. The molecule has 1 amide bonds. The number of fused-ring (bicyclic) bond motifs is 1. The zero-order valence-corrected chi connectivity index (χ0v) is 15.3. The maximum absolute atomic E-state index is 12.3. The lowest BCUT2D eigenvalue weighted by molar-refractivity contribution is 0.0992. The third kappa shape index (κ3) is 3.82. The zero-order chi connectivity index (χ0) is 18.8. The summed E-state index contributed by atoms with van der Waals surface area (Å²) in [6.45, 7) is 0.280. The zero-order valence-electron chi connectivity index (χ0n) is 13.8. The summed E-state index contributed by atoms with van der Waals surface area (Å²) in [6.07, 6.45) is 0. The molecule has 1 aliphatic rings. The van der Waals surface area contributed by atoms with Crippen LogP contribution in [0.4, 0.5) is 5.69 Å². The van der Waals surface area contributed by atoms with E-state index in [1.165, 1.54) is 0 Å². The van der Waals surface area contributed by atoms with Crippen LogP contribution in [-0.2, 0) is 6.61 Å². The summed E-state index contributed by atoms with van der Waals surface area (Å²) >= 11 is 12.0. The van der Waals surface area contributed by atoms with Crippen molar-refractivity contribution in [3.8, 4) is 17.2 Å². The normalized spacial score (nSPS) is 12.1. The van der Waals surface area contributed by atoms with Gasteiger partial charge in [-0.05, 0) is 36.4 Å². The molecule has 1 aromatic heterocycles. The molecule has 27 heavy (non-hydrogen) atoms. The highest BCUT2D eigenvalue weighted by Crippen LogP contribution is 2.34. The highest BCUT2D eigenvalue weighted by molar-refractivity contribution is 6.42. The quantitative estimate of drug-likeness (QED) is 0.635. The predicted molar refractivity (Wildman–Crippen MR) is 100 cm³/mol. The summed E-state index contributed by atoms with van der Waals surface area (Å²) in [4.78, 5) is 12.3. The molecule has 0 aliphatic carbocycles. The maximum atomic E-state index is 12.3. The van der Waals surface area contributed by atoms with Crippen LogP contribution in [-0.4, -0.2) is 12.7 Å². The van der Waals surface area contributed by atoms with E-state index >= 15 is 0 Å². The van der Waals surface area contributed by atoms with Gasteiger partial charge in [-0.25, -0.2) is 0 Å². The van der Waals surface area contributed by atoms with E-state index in [0.29, 0.717) is 38.7 Å². The summed E-state index contributed by atoms with van der Waals surface area (Å²) in [5, 5.41) is 3.47. The minimum Gasteiger partial charge on any atom is -0.484 e. The first-order valence-corrected chi connectivity index (χ1v) is 8.72. The number of benzene rings is 2. The van der Waals surface area contributed by atoms with E-state index in [2.05, 4.69) is 5.32 Å². The van der Waals surface area contributed by atoms with Gasteiger partial charge in [-0.15, -0.1) is 0 Å². The molecule has 8 heteroatoms. The fourth-order valence-corrected chi connectivity index (χ4v) is 2.84. The van der Waals surface area contributed by atoms with Crippen LogP contribution in [0.25, 0.3) is 0 Å². The minimum atomic E-state index is -0.388. The second-order valence-corrected chi connectivity index (χ2v) is 6.41. The highest BCUT2D eigenvalue weighted by atomic mass is 35.5. The lowest BCUT2D eigenvalue weighted by Crippen LogP contribution is -2.10. The Morgan fingerprint density at radius 1 is 1.07 bits per heavy atom. The number of amides is 1. The number of hydrogen-bond donors (Lipinski definition) is 1. The molecule has 2 heterocycles. The van der Waals surface area contributed by atoms with Crippen LogP contribution in [0.2, 0.25) is 10.0 Å². The largest absolute Gasteiger partial charge is 0.484 e. The molecule has 0 saturated carbocycles. The number of rotatable bonds is 5. The number of carbonyl (C=O) groups is 1. The molecule has 0 spiro atoms. The Bertz CT molecular complexity index is 1000. The lowest BCUT2D eigenvalue weighted by Gasteiger charge is -2.07. The second-order valence-electron chi connectivity index (χ2n) is 5.63. The van der Waals surface area contributed by atoms with Gasteiger partial charge in [-0.1, -0.05) is 29.3 Å². The van der Waals surface area contributed by atoms with E-state index in [0.717, 1.165) is 0 Å². The molecule has 0 atom stereocenters. The molecule has 4 rings (SSSR count). The minimum absolute atomic E-state index is 0.108. The first-order chi connectivity index (χ1) is 13.1. The first-order valence-electron chi connectivity index (χ1n) is 7.97. The summed E-state index contributed by atoms with van der Waals surface area (Å²) < 4.78 is 21.7. The van der Waals surface area contributed by atoms with Gasteiger partial charge in [-0.3, -0.25) is 4.79 Å². The van der Waals surface area contributed by atoms with Crippen molar-refractivity contribution < 1.29 is 23.4 Å². The van der Waals surface area contributed by atoms with Crippen molar-refractivity contribution >= 4 is 34.8 Å². The van der Waals surface area contributed by atoms with E-state index in [-0.39, 0.29) is 25.1 Å². The van der Waals surface area contributed by atoms with E-state index in [9.17, 15) is 4.79 Å². The average Bonchev–Trinajstić information content (AvgIpc) is 3.32. The third-order valence-corrected chi connectivity index (χ3v) is 4.60. The fourth-order valence-electron chi connectivity index (χ4n) is 2.49. The van der Waals surface area contributed by atoms with Crippen LogP contribution in [0.3, 0.4) is 0 Å². The second kappa shape index (κ2) is 7.42. The Kier molecular flexibility index (Phi) is 4.83. The van der Waals surface area contributed by atoms with Gasteiger partial charge in [0.2, 0.25) is 6.79 Å². The molecule has 2 aromatic carbocycles. The fraction of sp³-hybridized carbons (Fsp3) is 0.105. The van der Waals surface area contributed by atoms with Crippen LogP contribution in [0.5, 0.6) is 17.2 Å². The highest BCUT2D eigenvalue weighted by Gasteiger charge is 2.16. The molecule has 0 radical (unpaired) electrons. The molecule has 0 unspecified atom stereocenters. The lowest BCUT2D eigenvalue weighted by atomic mass is 10.2. The molecule has 1 N–H and O–H groups in total. The molecule has 0 fully saturated rings. The van der Waals surface area contributed by atoms with Gasteiger partial charge >= 0.3 is 0 Å². The molecular weight excluding hydrogens is 393 g/mol. The van der Waals surface area contributed by atoms with Gasteiger partial charge in [0.05, 0.1) is 5.02 Å². The molecule has 1 aliphatic heterocycles. The van der Waals surface area contributed by atoms with Crippen molar-refractivity contribution in [3.05, 3.63) is 70.1 Å². The van der Waals surface area contributed by atoms with Crippen LogP contribution in [0.1, 0.15) is 16.3 Å². The molecule has 6 nitrogen and oxygen atoms in total. The summed E-state index contributed by atoms with van der Waals surface area (Å²) in [5.41, 5.74) is 0.573. The van der Waals surface area contributed by atoms with E-state index in [1.54, 1.807) is 48.5 Å². The Morgan fingerprint density at radius 3 is 2.81 bits per heavy atom. The summed E-state index contributed by atoms with van der Waals surface area (Å²) in [6, 6.07) is 13.5. The van der Waals surface area contributed by atoms with Gasteiger partial charge in [-0.2, -0.15) is 0 Å². The van der Waals surface area contributed by atoms with Gasteiger partial charge in [0.15, 0.2) is 17.3 Å². The van der Waals surface area contributed by atoms with Crippen LogP contribution >= 0.6 is 23.2 Å². The number of halogens is 2. The van der Waals surface area contributed by atoms with Crippen LogP contribution < -0.4 is 19.5 Å². The molecule has 0 saturated heterocycles. The van der Waals surface area contributed by atoms with Crippen LogP contribution in [0.15, 0.2) is 52.9 Å². The van der Waals surface area contributed by atoms with Crippen molar-refractivity contribution in [2.24, 2.45) is 0 Å². The average molecular weight is 406 g/mol. The van der Waals surface area contributed by atoms with Gasteiger partial charge in [0.1, 0.15) is 23.1 Å². The number of furan rings is 1. The van der Waals surface area contributed by atoms with Crippen LogP contribution in [0, 0.1) is 0 Å². The van der Waals surface area contributed by atoms with Gasteiger partial charge < -0.3 is 23.9 Å². The molecule has 0 bridgehead atoms. The molecular formula is C19H13Cl2NO5. The number of carbonyl (C=O) groups excluding carboxylic acids is 1. The SMILES string of the molecule is O=C(Nc1ccc2c(c1)OCO2)c1ccc(COc2cccc(Cl)c2Cl)o1. The monoisotopic (exact) mass is 405 g/mol. The van der Waals surface area contributed by atoms with Crippen molar-refractivity contribution in [2.75, 3.05) is 12.1 Å². The Morgan fingerprint density at radius 2 is 1.93 bits per heavy atom. The third-order valence-electron chi connectivity index (χ3n) is 3.80. The number of anilines is 1. The van der Waals surface area contributed by atoms with Gasteiger partial charge in [0.25, 0.3) is 5.91 Å². The summed E-state index contributed by atoms with van der Waals surface area (Å²) in [5.74, 6) is 1.91. The number of nitrogens with one attached hydrogen (secondary N) is 1. The first kappa shape index (κ1) is 17.6. The van der Waals surface area contributed by atoms with E-state index in [1.807, 2.05) is 0 Å².